The highest BCUT2D eigenvalue weighted by Crippen LogP contribution is 2.13. The fourth-order valence-corrected chi connectivity index (χ4v) is 1.96. The molecule has 0 radical (unpaired) electrons. The lowest BCUT2D eigenvalue weighted by Crippen LogP contribution is -2.55. The molecular weight excluding hydrogens is 248 g/mol. The molecule has 1 fully saturated rings. The van der Waals surface area contributed by atoms with Gasteiger partial charge in [-0.2, -0.15) is 0 Å². The molecule has 0 bridgehead atoms. The van der Waals surface area contributed by atoms with Crippen LogP contribution in [0.4, 0.5) is 4.79 Å². The van der Waals surface area contributed by atoms with Crippen LogP contribution in [0.2, 0.25) is 0 Å². The summed E-state index contributed by atoms with van der Waals surface area (Å²) >= 11 is 0. The molecule has 104 valence electrons. The minimum Gasteiger partial charge on any atom is -0.530 e. The maximum atomic E-state index is 11.2. The summed E-state index contributed by atoms with van der Waals surface area (Å²) in [6.45, 7) is 0.837. The van der Waals surface area contributed by atoms with E-state index in [9.17, 15) is 9.90 Å². The fraction of sp³-hybridized carbons (Fsp3) is 0.462. The maximum absolute atomic E-state index is 11.2. The summed E-state index contributed by atoms with van der Waals surface area (Å²) in [7, 11) is 1.71. The molecule has 19 heavy (non-hydrogen) atoms. The Kier molecular flexibility index (Phi) is 4.73. The van der Waals surface area contributed by atoms with E-state index >= 15 is 0 Å². The number of carbonyl (C=O) groups is 1. The van der Waals surface area contributed by atoms with Crippen LogP contribution in [0.3, 0.4) is 0 Å². The van der Waals surface area contributed by atoms with Crippen LogP contribution >= 0.6 is 0 Å². The van der Waals surface area contributed by atoms with Crippen molar-refractivity contribution in [2.75, 3.05) is 20.3 Å². The summed E-state index contributed by atoms with van der Waals surface area (Å²) in [5.74, 6) is 0. The Hall–Kier alpha value is -1.63. The molecule has 0 saturated carbocycles. The van der Waals surface area contributed by atoms with Gasteiger partial charge in [-0.05, 0) is 12.6 Å². The van der Waals surface area contributed by atoms with Crippen molar-refractivity contribution in [1.82, 2.24) is 10.2 Å². The van der Waals surface area contributed by atoms with Gasteiger partial charge in [0.25, 0.3) is 0 Å². The van der Waals surface area contributed by atoms with Crippen molar-refractivity contribution in [3.8, 4) is 0 Å². The van der Waals surface area contributed by atoms with E-state index < -0.39 is 12.5 Å². The van der Waals surface area contributed by atoms with Crippen molar-refractivity contribution in [1.29, 1.82) is 0 Å². The molecule has 0 unspecified atom stereocenters. The molecule has 1 N–H and O–H groups in total. The first-order chi connectivity index (χ1) is 9.20. The molecule has 0 aromatic heterocycles. The van der Waals surface area contributed by atoms with Crippen LogP contribution in [0.1, 0.15) is 5.56 Å². The summed E-state index contributed by atoms with van der Waals surface area (Å²) in [5, 5.41) is 14.1. The molecule has 1 amide bonds. The number of carbonyl (C=O) groups excluding carboxylic acids is 1. The molecule has 0 atom stereocenters. The molecule has 1 aromatic carbocycles. The SMILES string of the molecule is CNC1OCC(N(Cc2ccccc2)C(=O)[O-])CO1. The molecule has 6 nitrogen and oxygen atoms in total. The van der Waals surface area contributed by atoms with Crippen LogP contribution < -0.4 is 10.4 Å². The van der Waals surface area contributed by atoms with Crippen molar-refractivity contribution in [2.24, 2.45) is 0 Å². The molecule has 1 saturated heterocycles. The second-order valence-electron chi connectivity index (χ2n) is 4.32. The normalized spacial score (nSPS) is 23.0. The van der Waals surface area contributed by atoms with Gasteiger partial charge >= 0.3 is 0 Å². The summed E-state index contributed by atoms with van der Waals surface area (Å²) in [6, 6.07) is 9.02. The third-order valence-corrected chi connectivity index (χ3v) is 2.99. The van der Waals surface area contributed by atoms with Gasteiger partial charge < -0.3 is 24.3 Å². The van der Waals surface area contributed by atoms with E-state index in [4.69, 9.17) is 9.47 Å². The van der Waals surface area contributed by atoms with Crippen molar-refractivity contribution >= 4 is 6.09 Å². The van der Waals surface area contributed by atoms with Crippen molar-refractivity contribution in [3.05, 3.63) is 35.9 Å². The average molecular weight is 265 g/mol. The number of ether oxygens (including phenoxy) is 2. The van der Waals surface area contributed by atoms with E-state index in [2.05, 4.69) is 5.32 Å². The fourth-order valence-electron chi connectivity index (χ4n) is 1.96. The summed E-state index contributed by atoms with van der Waals surface area (Å²) < 4.78 is 10.7. The zero-order valence-electron chi connectivity index (χ0n) is 10.7. The highest BCUT2D eigenvalue weighted by atomic mass is 16.7. The van der Waals surface area contributed by atoms with Gasteiger partial charge in [-0.1, -0.05) is 30.3 Å². The van der Waals surface area contributed by atoms with E-state index in [1.54, 1.807) is 7.05 Å². The minimum absolute atomic E-state index is 0.269. The van der Waals surface area contributed by atoms with Gasteiger partial charge in [0.05, 0.1) is 19.3 Å². The summed E-state index contributed by atoms with van der Waals surface area (Å²) in [4.78, 5) is 12.5. The first-order valence-corrected chi connectivity index (χ1v) is 6.12. The number of carboxylic acid groups (broad SMARTS) is 1. The predicted molar refractivity (Wildman–Crippen MR) is 65.9 cm³/mol. The van der Waals surface area contributed by atoms with Crippen LogP contribution in [0.15, 0.2) is 30.3 Å². The third kappa shape index (κ3) is 3.66. The van der Waals surface area contributed by atoms with E-state index in [-0.39, 0.29) is 25.8 Å². The second-order valence-corrected chi connectivity index (χ2v) is 4.32. The number of rotatable bonds is 4. The smallest absolute Gasteiger partial charge is 0.215 e. The summed E-state index contributed by atoms with van der Waals surface area (Å²) in [6.07, 6.45) is -1.69. The minimum atomic E-state index is -1.22. The molecule has 1 heterocycles. The molecule has 6 heteroatoms. The number of nitrogens with zero attached hydrogens (tertiary/aromatic N) is 1. The van der Waals surface area contributed by atoms with Gasteiger partial charge in [0.2, 0.25) is 6.41 Å². The van der Waals surface area contributed by atoms with Crippen LogP contribution in [-0.2, 0) is 16.0 Å². The van der Waals surface area contributed by atoms with E-state index in [1.165, 1.54) is 4.90 Å². The molecule has 1 aliphatic rings. The highest BCUT2D eigenvalue weighted by Gasteiger charge is 2.26. The molecule has 1 aliphatic heterocycles. The molecular formula is C13H17N2O4-. The van der Waals surface area contributed by atoms with Gasteiger partial charge in [-0.3, -0.25) is 5.32 Å². The van der Waals surface area contributed by atoms with E-state index in [0.717, 1.165) is 5.56 Å². The van der Waals surface area contributed by atoms with Crippen LogP contribution in [-0.4, -0.2) is 43.7 Å². The number of amides is 1. The first-order valence-electron chi connectivity index (χ1n) is 6.12. The second kappa shape index (κ2) is 6.51. The zero-order chi connectivity index (χ0) is 13.7. The number of hydrogen-bond donors (Lipinski definition) is 1. The van der Waals surface area contributed by atoms with E-state index in [0.29, 0.717) is 0 Å². The van der Waals surface area contributed by atoms with Crippen molar-refractivity contribution < 1.29 is 19.4 Å². The largest absolute Gasteiger partial charge is 0.530 e. The quantitative estimate of drug-likeness (QED) is 0.812. The van der Waals surface area contributed by atoms with Gasteiger partial charge in [0.15, 0.2) is 0 Å². The Balaban J connectivity index is 1.99. The lowest BCUT2D eigenvalue weighted by atomic mass is 10.2. The van der Waals surface area contributed by atoms with Gasteiger partial charge in [0, 0.05) is 6.54 Å². The Morgan fingerprint density at radius 2 is 2.00 bits per heavy atom. The highest BCUT2D eigenvalue weighted by molar-refractivity contribution is 5.63. The Labute approximate surface area is 111 Å². The predicted octanol–water partition coefficient (Wildman–Crippen LogP) is -0.250. The van der Waals surface area contributed by atoms with Gasteiger partial charge in [0.1, 0.15) is 6.09 Å². The van der Waals surface area contributed by atoms with Gasteiger partial charge in [-0.15, -0.1) is 0 Å². The molecule has 2 rings (SSSR count). The number of nitrogens with one attached hydrogen (secondary N) is 1. The lowest BCUT2D eigenvalue weighted by molar-refractivity contribution is -0.279. The van der Waals surface area contributed by atoms with Crippen LogP contribution in [0.5, 0.6) is 0 Å². The monoisotopic (exact) mass is 265 g/mol. The molecule has 1 aromatic rings. The van der Waals surface area contributed by atoms with Crippen LogP contribution in [0.25, 0.3) is 0 Å². The van der Waals surface area contributed by atoms with Crippen molar-refractivity contribution in [2.45, 2.75) is 19.0 Å². The lowest BCUT2D eigenvalue weighted by Gasteiger charge is -2.38. The number of hydrogen-bond acceptors (Lipinski definition) is 5. The maximum Gasteiger partial charge on any atom is 0.215 e. The van der Waals surface area contributed by atoms with E-state index in [1.807, 2.05) is 30.3 Å². The Bertz CT molecular complexity index is 404. The summed E-state index contributed by atoms with van der Waals surface area (Å²) in [5.41, 5.74) is 0.905. The number of benzene rings is 1. The molecule has 0 spiro atoms. The first kappa shape index (κ1) is 13.8. The zero-order valence-corrected chi connectivity index (χ0v) is 10.7. The molecule has 0 aliphatic carbocycles. The average Bonchev–Trinajstić information content (AvgIpc) is 2.46. The van der Waals surface area contributed by atoms with Gasteiger partial charge in [-0.25, -0.2) is 0 Å². The van der Waals surface area contributed by atoms with Crippen molar-refractivity contribution in [3.63, 3.8) is 0 Å². The van der Waals surface area contributed by atoms with Crippen LogP contribution in [0, 0.1) is 0 Å². The Morgan fingerprint density at radius 1 is 1.37 bits per heavy atom. The third-order valence-electron chi connectivity index (χ3n) is 2.99. The topological polar surface area (TPSA) is 73.9 Å². The Morgan fingerprint density at radius 3 is 2.53 bits per heavy atom. The standard InChI is InChI=1S/C13H18N2O4/c1-14-12-18-8-11(9-19-12)15(13(16)17)7-10-5-3-2-4-6-10/h2-6,11-12,14H,7-9H2,1H3,(H,16,17)/p-1.